The number of thiazole rings is 1. The van der Waals surface area contributed by atoms with Crippen molar-refractivity contribution in [1.82, 2.24) is 9.88 Å². The molecule has 0 radical (unpaired) electrons. The van der Waals surface area contributed by atoms with Crippen molar-refractivity contribution in [2.75, 3.05) is 32.1 Å². The van der Waals surface area contributed by atoms with Crippen LogP contribution >= 0.6 is 11.3 Å². The molecule has 1 unspecified atom stereocenters. The number of aryl methyl sites for hydroxylation is 1. The lowest BCUT2D eigenvalue weighted by atomic mass is 10.2. The summed E-state index contributed by atoms with van der Waals surface area (Å²) in [4.78, 5) is 20.7. The molecule has 0 aliphatic carbocycles. The molecule has 1 aromatic rings. The van der Waals surface area contributed by atoms with Gasteiger partial charge in [-0.2, -0.15) is 0 Å². The van der Waals surface area contributed by atoms with E-state index in [-0.39, 0.29) is 0 Å². The standard InChI is InChI=1S/C12H19N3OS/c1-9-11(8-16)17-12(13-9)15-6-4-5-10(15)7-14(2)3/h8,10H,4-7H2,1-3H3. The van der Waals surface area contributed by atoms with E-state index in [0.717, 1.165) is 35.1 Å². The minimum absolute atomic E-state index is 0.537. The molecule has 1 aliphatic heterocycles. The van der Waals surface area contributed by atoms with Crippen LogP contribution in [0.5, 0.6) is 0 Å². The number of carbonyl (C=O) groups is 1. The number of hydrogen-bond acceptors (Lipinski definition) is 5. The quantitative estimate of drug-likeness (QED) is 0.767. The van der Waals surface area contributed by atoms with E-state index in [0.29, 0.717) is 6.04 Å². The Hall–Kier alpha value is -0.940. The Labute approximate surface area is 106 Å². The van der Waals surface area contributed by atoms with E-state index in [1.165, 1.54) is 24.2 Å². The lowest BCUT2D eigenvalue weighted by Crippen LogP contribution is -2.37. The van der Waals surface area contributed by atoms with Crippen LogP contribution in [0.15, 0.2) is 0 Å². The van der Waals surface area contributed by atoms with E-state index in [9.17, 15) is 4.79 Å². The molecule has 5 heteroatoms. The van der Waals surface area contributed by atoms with Crippen LogP contribution in [0.4, 0.5) is 5.13 Å². The fourth-order valence-corrected chi connectivity index (χ4v) is 3.30. The molecule has 1 aromatic heterocycles. The van der Waals surface area contributed by atoms with Gasteiger partial charge in [-0.15, -0.1) is 0 Å². The van der Waals surface area contributed by atoms with Gasteiger partial charge in [-0.25, -0.2) is 4.98 Å². The van der Waals surface area contributed by atoms with Crippen LogP contribution in [0.1, 0.15) is 28.2 Å². The highest BCUT2D eigenvalue weighted by molar-refractivity contribution is 7.17. The zero-order valence-corrected chi connectivity index (χ0v) is 11.5. The number of rotatable bonds is 4. The fraction of sp³-hybridized carbons (Fsp3) is 0.667. The molecule has 0 saturated carbocycles. The van der Waals surface area contributed by atoms with Crippen molar-refractivity contribution in [3.8, 4) is 0 Å². The summed E-state index contributed by atoms with van der Waals surface area (Å²) in [5.41, 5.74) is 0.857. The molecule has 0 N–H and O–H groups in total. The first kappa shape index (κ1) is 12.5. The lowest BCUT2D eigenvalue weighted by molar-refractivity contribution is 0.112. The van der Waals surface area contributed by atoms with Crippen molar-refractivity contribution in [2.45, 2.75) is 25.8 Å². The minimum Gasteiger partial charge on any atom is -0.344 e. The number of likely N-dealkylation sites (N-methyl/N-ethyl adjacent to an activating group) is 1. The van der Waals surface area contributed by atoms with Gasteiger partial charge in [0.2, 0.25) is 0 Å². The van der Waals surface area contributed by atoms with Crippen LogP contribution in [0.2, 0.25) is 0 Å². The average molecular weight is 253 g/mol. The molecule has 1 saturated heterocycles. The van der Waals surface area contributed by atoms with Crippen LogP contribution in [0.25, 0.3) is 0 Å². The van der Waals surface area contributed by atoms with Crippen LogP contribution in [-0.4, -0.2) is 49.4 Å². The van der Waals surface area contributed by atoms with Gasteiger partial charge in [-0.05, 0) is 33.9 Å². The van der Waals surface area contributed by atoms with Gasteiger partial charge in [-0.3, -0.25) is 4.79 Å². The summed E-state index contributed by atoms with van der Waals surface area (Å²) in [5.74, 6) is 0. The number of anilines is 1. The summed E-state index contributed by atoms with van der Waals surface area (Å²) in [6.45, 7) is 4.01. The first-order chi connectivity index (χ1) is 8.11. The Morgan fingerprint density at radius 1 is 1.59 bits per heavy atom. The molecule has 2 heterocycles. The minimum atomic E-state index is 0.537. The maximum absolute atomic E-state index is 10.9. The second kappa shape index (κ2) is 5.14. The van der Waals surface area contributed by atoms with Gasteiger partial charge >= 0.3 is 0 Å². The van der Waals surface area contributed by atoms with Crippen LogP contribution in [0, 0.1) is 6.92 Å². The maximum Gasteiger partial charge on any atom is 0.186 e. The first-order valence-electron chi connectivity index (χ1n) is 5.96. The monoisotopic (exact) mass is 253 g/mol. The Morgan fingerprint density at radius 3 is 2.94 bits per heavy atom. The molecule has 94 valence electrons. The maximum atomic E-state index is 10.9. The largest absolute Gasteiger partial charge is 0.344 e. The van der Waals surface area contributed by atoms with Gasteiger partial charge in [0.1, 0.15) is 0 Å². The predicted octanol–water partition coefficient (Wildman–Crippen LogP) is 1.79. The fourth-order valence-electron chi connectivity index (χ4n) is 2.32. The zero-order valence-electron chi connectivity index (χ0n) is 10.6. The third-order valence-electron chi connectivity index (χ3n) is 3.13. The Bertz CT molecular complexity index is 402. The number of hydrogen-bond donors (Lipinski definition) is 0. The van der Waals surface area contributed by atoms with Crippen LogP contribution < -0.4 is 4.90 Å². The molecule has 0 bridgehead atoms. The third-order valence-corrected chi connectivity index (χ3v) is 4.25. The highest BCUT2D eigenvalue weighted by Gasteiger charge is 2.27. The van der Waals surface area contributed by atoms with Crippen molar-refractivity contribution in [3.05, 3.63) is 10.6 Å². The van der Waals surface area contributed by atoms with Gasteiger partial charge in [-0.1, -0.05) is 11.3 Å². The van der Waals surface area contributed by atoms with Gasteiger partial charge in [0.05, 0.1) is 10.6 Å². The highest BCUT2D eigenvalue weighted by Crippen LogP contribution is 2.30. The number of nitrogens with zero attached hydrogens (tertiary/aromatic N) is 3. The van der Waals surface area contributed by atoms with E-state index >= 15 is 0 Å². The van der Waals surface area contributed by atoms with Crippen molar-refractivity contribution in [3.63, 3.8) is 0 Å². The van der Waals surface area contributed by atoms with Crippen LogP contribution in [-0.2, 0) is 0 Å². The van der Waals surface area contributed by atoms with E-state index in [1.807, 2.05) is 6.92 Å². The molecule has 4 nitrogen and oxygen atoms in total. The van der Waals surface area contributed by atoms with E-state index in [2.05, 4.69) is 28.9 Å². The number of carbonyl (C=O) groups excluding carboxylic acids is 1. The summed E-state index contributed by atoms with van der Waals surface area (Å²) in [6.07, 6.45) is 3.34. The molecule has 0 aromatic carbocycles. The second-order valence-corrected chi connectivity index (χ2v) is 5.82. The topological polar surface area (TPSA) is 36.4 Å². The van der Waals surface area contributed by atoms with Gasteiger partial charge in [0.25, 0.3) is 0 Å². The van der Waals surface area contributed by atoms with Crippen molar-refractivity contribution < 1.29 is 4.79 Å². The zero-order chi connectivity index (χ0) is 12.4. The molecule has 0 amide bonds. The molecule has 2 rings (SSSR count). The Balaban J connectivity index is 2.16. The SMILES string of the molecule is Cc1nc(N2CCCC2CN(C)C)sc1C=O. The molecule has 17 heavy (non-hydrogen) atoms. The summed E-state index contributed by atoms with van der Waals surface area (Å²) in [6, 6.07) is 0.537. The molecule has 1 fully saturated rings. The van der Waals surface area contributed by atoms with E-state index in [1.54, 1.807) is 0 Å². The summed E-state index contributed by atoms with van der Waals surface area (Å²) < 4.78 is 0. The predicted molar refractivity (Wildman–Crippen MR) is 71.2 cm³/mol. The lowest BCUT2D eigenvalue weighted by Gasteiger charge is -2.26. The van der Waals surface area contributed by atoms with Crippen molar-refractivity contribution >= 4 is 22.8 Å². The summed E-state index contributed by atoms with van der Waals surface area (Å²) in [5, 5.41) is 1.01. The second-order valence-electron chi connectivity index (χ2n) is 4.82. The number of aldehydes is 1. The van der Waals surface area contributed by atoms with E-state index < -0.39 is 0 Å². The molecule has 0 spiro atoms. The summed E-state index contributed by atoms with van der Waals surface area (Å²) in [7, 11) is 4.20. The smallest absolute Gasteiger partial charge is 0.186 e. The Kier molecular flexibility index (Phi) is 3.79. The Morgan fingerprint density at radius 2 is 2.35 bits per heavy atom. The molecule has 1 aliphatic rings. The highest BCUT2D eigenvalue weighted by atomic mass is 32.1. The van der Waals surface area contributed by atoms with E-state index in [4.69, 9.17) is 0 Å². The normalized spacial score (nSPS) is 20.2. The van der Waals surface area contributed by atoms with Gasteiger partial charge in [0, 0.05) is 19.1 Å². The summed E-state index contributed by atoms with van der Waals surface area (Å²) >= 11 is 1.52. The number of aromatic nitrogens is 1. The molecule has 1 atom stereocenters. The van der Waals surface area contributed by atoms with Crippen molar-refractivity contribution in [2.24, 2.45) is 0 Å². The van der Waals surface area contributed by atoms with Gasteiger partial charge < -0.3 is 9.80 Å². The first-order valence-corrected chi connectivity index (χ1v) is 6.77. The third kappa shape index (κ3) is 2.66. The molecular formula is C12H19N3OS. The molecular weight excluding hydrogens is 234 g/mol. The average Bonchev–Trinajstić information content (AvgIpc) is 2.83. The van der Waals surface area contributed by atoms with Gasteiger partial charge in [0.15, 0.2) is 11.4 Å². The van der Waals surface area contributed by atoms with Crippen LogP contribution in [0.3, 0.4) is 0 Å². The van der Waals surface area contributed by atoms with Crippen molar-refractivity contribution in [1.29, 1.82) is 0 Å².